The fourth-order valence-corrected chi connectivity index (χ4v) is 4.57. The van der Waals surface area contributed by atoms with Gasteiger partial charge in [-0.05, 0) is 74.2 Å². The van der Waals surface area contributed by atoms with Gasteiger partial charge < -0.3 is 9.64 Å². The maximum absolute atomic E-state index is 12.8. The van der Waals surface area contributed by atoms with Crippen molar-refractivity contribution in [1.29, 1.82) is 0 Å². The number of rotatable bonds is 6. The van der Waals surface area contributed by atoms with Gasteiger partial charge in [0.1, 0.15) is 5.75 Å². The summed E-state index contributed by atoms with van der Waals surface area (Å²) < 4.78 is 33.7. The second kappa shape index (κ2) is 8.22. The Morgan fingerprint density at radius 1 is 1.18 bits per heavy atom. The van der Waals surface area contributed by atoms with Crippen molar-refractivity contribution in [2.75, 3.05) is 22.8 Å². The molecule has 0 aromatic heterocycles. The predicted molar refractivity (Wildman–Crippen MR) is 111 cm³/mol. The van der Waals surface area contributed by atoms with Gasteiger partial charge in [-0.2, -0.15) is 0 Å². The normalized spacial score (nSPS) is 13.8. The largest absolute Gasteiger partial charge is 0.494 e. The molecule has 7 heteroatoms. The van der Waals surface area contributed by atoms with Crippen LogP contribution in [0.4, 0.5) is 11.4 Å². The van der Waals surface area contributed by atoms with Crippen molar-refractivity contribution < 1.29 is 17.9 Å². The first kappa shape index (κ1) is 20.2. The van der Waals surface area contributed by atoms with E-state index in [4.69, 9.17) is 4.74 Å². The highest BCUT2D eigenvalue weighted by Crippen LogP contribution is 2.31. The Kier molecular flexibility index (Phi) is 5.93. The van der Waals surface area contributed by atoms with E-state index in [0.29, 0.717) is 31.0 Å². The number of anilines is 2. The van der Waals surface area contributed by atoms with Gasteiger partial charge >= 0.3 is 0 Å². The summed E-state index contributed by atoms with van der Waals surface area (Å²) in [5, 5.41) is 0. The number of amides is 1. The first-order valence-corrected chi connectivity index (χ1v) is 11.0. The molecule has 150 valence electrons. The van der Waals surface area contributed by atoms with E-state index < -0.39 is 10.0 Å². The zero-order chi connectivity index (χ0) is 20.3. The van der Waals surface area contributed by atoms with Crippen LogP contribution in [0.15, 0.2) is 41.3 Å². The number of hydrogen-bond donors (Lipinski definition) is 1. The first-order chi connectivity index (χ1) is 13.4. The van der Waals surface area contributed by atoms with Gasteiger partial charge in [0.05, 0.1) is 11.5 Å². The van der Waals surface area contributed by atoms with Gasteiger partial charge in [0, 0.05) is 24.3 Å². The van der Waals surface area contributed by atoms with E-state index in [2.05, 4.69) is 4.72 Å². The summed E-state index contributed by atoms with van der Waals surface area (Å²) in [6.45, 7) is 6.78. The van der Waals surface area contributed by atoms with E-state index in [1.165, 1.54) is 0 Å². The molecule has 6 nitrogen and oxygen atoms in total. The molecule has 0 spiro atoms. The standard InChI is InChI=1S/C21H26N2O4S/c1-4-21(24)23-12-6-7-16-14-17(8-10-19(16)23)22-28(25,26)18-9-11-20(27-5-2)15(3)13-18/h8-11,13-14,22H,4-7,12H2,1-3H3. The molecular formula is C21H26N2O4S. The number of aryl methyl sites for hydroxylation is 2. The van der Waals surface area contributed by atoms with Gasteiger partial charge in [-0.15, -0.1) is 0 Å². The van der Waals surface area contributed by atoms with Crippen LogP contribution >= 0.6 is 0 Å². The molecule has 0 radical (unpaired) electrons. The Balaban J connectivity index is 1.85. The molecule has 2 aromatic carbocycles. The minimum absolute atomic E-state index is 0.0825. The summed E-state index contributed by atoms with van der Waals surface area (Å²) in [5.74, 6) is 0.759. The maximum Gasteiger partial charge on any atom is 0.261 e. The number of fused-ring (bicyclic) bond motifs is 1. The van der Waals surface area contributed by atoms with Gasteiger partial charge in [0.15, 0.2) is 0 Å². The van der Waals surface area contributed by atoms with Crippen LogP contribution in [-0.4, -0.2) is 27.5 Å². The minimum Gasteiger partial charge on any atom is -0.494 e. The van der Waals surface area contributed by atoms with Crippen molar-refractivity contribution in [3.63, 3.8) is 0 Å². The van der Waals surface area contributed by atoms with Crippen LogP contribution in [0.1, 0.15) is 37.8 Å². The summed E-state index contributed by atoms with van der Waals surface area (Å²) in [6, 6.07) is 10.2. The smallest absolute Gasteiger partial charge is 0.261 e. The Morgan fingerprint density at radius 2 is 1.96 bits per heavy atom. The Bertz CT molecular complexity index is 986. The van der Waals surface area contributed by atoms with Crippen molar-refractivity contribution >= 4 is 27.3 Å². The molecule has 1 aliphatic rings. The zero-order valence-corrected chi connectivity index (χ0v) is 17.3. The highest BCUT2D eigenvalue weighted by Gasteiger charge is 2.22. The Hall–Kier alpha value is -2.54. The number of carbonyl (C=O) groups is 1. The molecule has 3 rings (SSSR count). The number of sulfonamides is 1. The first-order valence-electron chi connectivity index (χ1n) is 9.55. The van der Waals surface area contributed by atoms with E-state index in [1.54, 1.807) is 29.2 Å². The van der Waals surface area contributed by atoms with Crippen molar-refractivity contribution in [1.82, 2.24) is 0 Å². The maximum atomic E-state index is 12.8. The summed E-state index contributed by atoms with van der Waals surface area (Å²) in [4.78, 5) is 14.1. The van der Waals surface area contributed by atoms with E-state index in [9.17, 15) is 13.2 Å². The van der Waals surface area contributed by atoms with E-state index in [-0.39, 0.29) is 10.8 Å². The predicted octanol–water partition coefficient (Wildman–Crippen LogP) is 3.88. The number of carbonyl (C=O) groups excluding carboxylic acids is 1. The monoisotopic (exact) mass is 402 g/mol. The van der Waals surface area contributed by atoms with Crippen LogP contribution < -0.4 is 14.4 Å². The number of ether oxygens (including phenoxy) is 1. The van der Waals surface area contributed by atoms with Crippen molar-refractivity contribution in [3.8, 4) is 5.75 Å². The van der Waals surface area contributed by atoms with Crippen LogP contribution in [0.3, 0.4) is 0 Å². The number of nitrogens with zero attached hydrogens (tertiary/aromatic N) is 1. The third kappa shape index (κ3) is 4.14. The topological polar surface area (TPSA) is 75.7 Å². The summed E-state index contributed by atoms with van der Waals surface area (Å²) in [5.41, 5.74) is 3.12. The lowest BCUT2D eigenvalue weighted by Crippen LogP contribution is -2.34. The van der Waals surface area contributed by atoms with Crippen LogP contribution in [0, 0.1) is 6.92 Å². The molecule has 0 fully saturated rings. The van der Waals surface area contributed by atoms with E-state index in [0.717, 1.165) is 29.7 Å². The molecule has 2 aromatic rings. The fourth-order valence-electron chi connectivity index (χ4n) is 3.43. The second-order valence-corrected chi connectivity index (χ2v) is 8.49. The number of hydrogen-bond acceptors (Lipinski definition) is 4. The van der Waals surface area contributed by atoms with Crippen LogP contribution in [0.2, 0.25) is 0 Å². The fraction of sp³-hybridized carbons (Fsp3) is 0.381. The summed E-state index contributed by atoms with van der Waals surface area (Å²) in [6.07, 6.45) is 2.14. The van der Waals surface area contributed by atoms with Gasteiger partial charge in [-0.3, -0.25) is 9.52 Å². The lowest BCUT2D eigenvalue weighted by Gasteiger charge is -2.29. The van der Waals surface area contributed by atoms with Gasteiger partial charge in [0.25, 0.3) is 10.0 Å². The highest BCUT2D eigenvalue weighted by molar-refractivity contribution is 7.92. The second-order valence-electron chi connectivity index (χ2n) is 6.81. The van der Waals surface area contributed by atoms with Gasteiger partial charge in [-0.25, -0.2) is 8.42 Å². The molecule has 0 saturated heterocycles. The van der Waals surface area contributed by atoms with E-state index in [1.807, 2.05) is 32.9 Å². The number of nitrogens with one attached hydrogen (secondary N) is 1. The molecule has 1 aliphatic heterocycles. The summed E-state index contributed by atoms with van der Waals surface area (Å²) in [7, 11) is -3.71. The SMILES string of the molecule is CCOc1ccc(S(=O)(=O)Nc2ccc3c(c2)CCCN3C(=O)CC)cc1C. The van der Waals surface area contributed by atoms with Gasteiger partial charge in [-0.1, -0.05) is 6.92 Å². The molecule has 0 unspecified atom stereocenters. The quantitative estimate of drug-likeness (QED) is 0.795. The lowest BCUT2D eigenvalue weighted by molar-refractivity contribution is -0.118. The molecule has 0 bridgehead atoms. The van der Waals surface area contributed by atoms with Crippen LogP contribution in [0.5, 0.6) is 5.75 Å². The minimum atomic E-state index is -3.71. The molecule has 1 heterocycles. The van der Waals surface area contributed by atoms with Gasteiger partial charge in [0.2, 0.25) is 5.91 Å². The third-order valence-electron chi connectivity index (χ3n) is 4.81. The molecular weight excluding hydrogens is 376 g/mol. The molecule has 0 aliphatic carbocycles. The van der Waals surface area contributed by atoms with E-state index >= 15 is 0 Å². The molecule has 0 saturated carbocycles. The third-order valence-corrected chi connectivity index (χ3v) is 6.19. The molecule has 1 N–H and O–H groups in total. The van der Waals surface area contributed by atoms with Crippen LogP contribution in [-0.2, 0) is 21.2 Å². The lowest BCUT2D eigenvalue weighted by atomic mass is 10.0. The van der Waals surface area contributed by atoms with Crippen LogP contribution in [0.25, 0.3) is 0 Å². The average Bonchev–Trinajstić information content (AvgIpc) is 2.68. The van der Waals surface area contributed by atoms with Crippen molar-refractivity contribution in [2.45, 2.75) is 44.9 Å². The zero-order valence-electron chi connectivity index (χ0n) is 16.5. The highest BCUT2D eigenvalue weighted by atomic mass is 32.2. The molecule has 28 heavy (non-hydrogen) atoms. The van der Waals surface area contributed by atoms with Crippen molar-refractivity contribution in [2.24, 2.45) is 0 Å². The summed E-state index contributed by atoms with van der Waals surface area (Å²) >= 11 is 0. The average molecular weight is 403 g/mol. The molecule has 1 amide bonds. The Morgan fingerprint density at radius 3 is 2.64 bits per heavy atom. The molecule has 0 atom stereocenters. The Labute approximate surface area is 166 Å². The number of benzene rings is 2. The van der Waals surface area contributed by atoms with Crippen molar-refractivity contribution in [3.05, 3.63) is 47.5 Å².